The maximum atomic E-state index is 12.8. The number of likely N-dealkylation sites (N-methyl/N-ethyl adjacent to an activating group) is 1. The van der Waals surface area contributed by atoms with Crippen molar-refractivity contribution in [1.29, 1.82) is 0 Å². The highest BCUT2D eigenvalue weighted by Gasteiger charge is 2.36. The van der Waals surface area contributed by atoms with Crippen LogP contribution in [0.2, 0.25) is 0 Å². The average Bonchev–Trinajstić information content (AvgIpc) is 2.79. The lowest BCUT2D eigenvalue weighted by Crippen LogP contribution is -2.53. The van der Waals surface area contributed by atoms with Gasteiger partial charge in [0.2, 0.25) is 5.91 Å². The standard InChI is InChI=1S/C25H34N6O2/c1-16(2)31-17(3)25(33)30(5)21-9-10-22(28-23(21)31)26-20-8-6-7-18(15-20)24(32)27-19-11-13-29(4)14-12-19/h6-10,15-17,19H,11-14H2,1-5H3,(H,26,28)(H,27,32)/t17-/m1/s1. The second-order valence-electron chi connectivity index (χ2n) is 9.37. The molecule has 1 aromatic heterocycles. The molecule has 1 aromatic carbocycles. The molecule has 0 radical (unpaired) electrons. The third kappa shape index (κ3) is 4.80. The fraction of sp³-hybridized carbons (Fsp3) is 0.480. The average molecular weight is 451 g/mol. The van der Waals surface area contributed by atoms with Crippen LogP contribution in [0.5, 0.6) is 0 Å². The number of hydrogen-bond acceptors (Lipinski definition) is 6. The summed E-state index contributed by atoms with van der Waals surface area (Å²) in [5.74, 6) is 1.46. The zero-order chi connectivity index (χ0) is 23.7. The number of anilines is 4. The maximum absolute atomic E-state index is 12.8. The molecule has 1 saturated heterocycles. The Morgan fingerprint density at radius 2 is 1.85 bits per heavy atom. The molecule has 0 aliphatic carbocycles. The van der Waals surface area contributed by atoms with Crippen LogP contribution in [0.3, 0.4) is 0 Å². The van der Waals surface area contributed by atoms with Gasteiger partial charge in [-0.25, -0.2) is 4.98 Å². The Kier molecular flexibility index (Phi) is 6.56. The van der Waals surface area contributed by atoms with Crippen LogP contribution < -0.4 is 20.4 Å². The molecule has 0 saturated carbocycles. The van der Waals surface area contributed by atoms with Crippen molar-refractivity contribution in [3.63, 3.8) is 0 Å². The number of amides is 2. The van der Waals surface area contributed by atoms with Gasteiger partial charge >= 0.3 is 0 Å². The second-order valence-corrected chi connectivity index (χ2v) is 9.37. The number of rotatable bonds is 5. The van der Waals surface area contributed by atoms with Crippen molar-refractivity contribution < 1.29 is 9.59 Å². The molecule has 33 heavy (non-hydrogen) atoms. The first-order valence-corrected chi connectivity index (χ1v) is 11.7. The molecule has 3 heterocycles. The van der Waals surface area contributed by atoms with E-state index in [1.807, 2.05) is 48.2 Å². The zero-order valence-electron chi connectivity index (χ0n) is 20.1. The monoisotopic (exact) mass is 450 g/mol. The predicted molar refractivity (Wildman–Crippen MR) is 132 cm³/mol. The van der Waals surface area contributed by atoms with E-state index < -0.39 is 0 Å². The number of piperidine rings is 1. The van der Waals surface area contributed by atoms with E-state index in [-0.39, 0.29) is 29.9 Å². The Hall–Kier alpha value is -3.13. The first-order valence-electron chi connectivity index (χ1n) is 11.7. The van der Waals surface area contributed by atoms with E-state index in [4.69, 9.17) is 4.98 Å². The molecule has 0 spiro atoms. The number of likely N-dealkylation sites (tertiary alicyclic amines) is 1. The molecule has 8 heteroatoms. The second kappa shape index (κ2) is 9.39. The van der Waals surface area contributed by atoms with Crippen LogP contribution in [-0.4, -0.2) is 67.0 Å². The summed E-state index contributed by atoms with van der Waals surface area (Å²) >= 11 is 0. The van der Waals surface area contributed by atoms with E-state index >= 15 is 0 Å². The van der Waals surface area contributed by atoms with Crippen LogP contribution in [0, 0.1) is 0 Å². The van der Waals surface area contributed by atoms with Gasteiger partial charge in [0.05, 0.1) is 5.69 Å². The van der Waals surface area contributed by atoms with Crippen molar-refractivity contribution in [2.24, 2.45) is 0 Å². The fourth-order valence-electron chi connectivity index (χ4n) is 4.66. The number of aromatic nitrogens is 1. The Labute approximate surface area is 196 Å². The Morgan fingerprint density at radius 3 is 2.55 bits per heavy atom. The molecule has 1 fully saturated rings. The molecule has 2 aliphatic rings. The van der Waals surface area contributed by atoms with Gasteiger partial charge in [0, 0.05) is 30.4 Å². The van der Waals surface area contributed by atoms with Crippen LogP contribution in [0.1, 0.15) is 44.0 Å². The van der Waals surface area contributed by atoms with E-state index in [2.05, 4.69) is 36.4 Å². The normalized spacial score (nSPS) is 19.6. The summed E-state index contributed by atoms with van der Waals surface area (Å²) in [6.45, 7) is 8.04. The molecular weight excluding hydrogens is 416 g/mol. The number of benzene rings is 1. The van der Waals surface area contributed by atoms with Gasteiger partial charge in [-0.05, 0) is 84.1 Å². The summed E-state index contributed by atoms with van der Waals surface area (Å²) < 4.78 is 0. The predicted octanol–water partition coefficient (Wildman–Crippen LogP) is 3.23. The van der Waals surface area contributed by atoms with Crippen LogP contribution >= 0.6 is 0 Å². The van der Waals surface area contributed by atoms with Gasteiger partial charge < -0.3 is 25.3 Å². The first kappa shape index (κ1) is 23.0. The minimum Gasteiger partial charge on any atom is -0.349 e. The van der Waals surface area contributed by atoms with Gasteiger partial charge in [0.25, 0.3) is 5.91 Å². The molecule has 8 nitrogen and oxygen atoms in total. The number of hydrogen-bond donors (Lipinski definition) is 2. The lowest BCUT2D eigenvalue weighted by Gasteiger charge is -2.41. The quantitative estimate of drug-likeness (QED) is 0.728. The summed E-state index contributed by atoms with van der Waals surface area (Å²) in [6, 6.07) is 11.3. The smallest absolute Gasteiger partial charge is 0.251 e. The van der Waals surface area contributed by atoms with Gasteiger partial charge in [0.15, 0.2) is 5.82 Å². The van der Waals surface area contributed by atoms with Gasteiger partial charge in [-0.15, -0.1) is 0 Å². The molecule has 2 N–H and O–H groups in total. The largest absolute Gasteiger partial charge is 0.349 e. The summed E-state index contributed by atoms with van der Waals surface area (Å²) in [7, 11) is 3.90. The van der Waals surface area contributed by atoms with Crippen LogP contribution in [0.15, 0.2) is 36.4 Å². The molecular formula is C25H34N6O2. The van der Waals surface area contributed by atoms with Gasteiger partial charge in [-0.1, -0.05) is 6.07 Å². The summed E-state index contributed by atoms with van der Waals surface area (Å²) in [5.41, 5.74) is 2.21. The van der Waals surface area contributed by atoms with Crippen molar-refractivity contribution >= 4 is 34.8 Å². The molecule has 2 aromatic rings. The van der Waals surface area contributed by atoms with Crippen LogP contribution in [-0.2, 0) is 4.79 Å². The van der Waals surface area contributed by atoms with Crippen molar-refractivity contribution in [3.8, 4) is 0 Å². The third-order valence-corrected chi connectivity index (χ3v) is 6.57. The highest BCUT2D eigenvalue weighted by atomic mass is 16.2. The first-order chi connectivity index (χ1) is 15.7. The molecule has 0 unspecified atom stereocenters. The lowest BCUT2D eigenvalue weighted by atomic mass is 10.0. The van der Waals surface area contributed by atoms with E-state index in [1.54, 1.807) is 11.9 Å². The van der Waals surface area contributed by atoms with E-state index in [0.717, 1.165) is 43.1 Å². The number of fused-ring (bicyclic) bond motifs is 1. The number of nitrogens with one attached hydrogen (secondary N) is 2. The van der Waals surface area contributed by atoms with Crippen molar-refractivity contribution in [1.82, 2.24) is 15.2 Å². The fourth-order valence-corrected chi connectivity index (χ4v) is 4.66. The van der Waals surface area contributed by atoms with Crippen molar-refractivity contribution in [2.75, 3.05) is 42.3 Å². The highest BCUT2D eigenvalue weighted by molar-refractivity contribution is 6.04. The SMILES string of the molecule is CC(C)N1c2nc(Nc3cccc(C(=O)NC4CCN(C)CC4)c3)ccc2N(C)C(=O)[C@H]1C. The molecule has 2 aliphatic heterocycles. The van der Waals surface area contributed by atoms with Crippen LogP contribution in [0.25, 0.3) is 0 Å². The number of carbonyl (C=O) groups excluding carboxylic acids is 2. The summed E-state index contributed by atoms with van der Waals surface area (Å²) in [4.78, 5) is 36.3. The maximum Gasteiger partial charge on any atom is 0.251 e. The van der Waals surface area contributed by atoms with Crippen LogP contribution in [0.4, 0.5) is 23.0 Å². The Bertz CT molecular complexity index is 1030. The molecule has 1 atom stereocenters. The molecule has 2 amide bonds. The minimum atomic E-state index is -0.281. The minimum absolute atomic E-state index is 0.0495. The number of pyridine rings is 1. The van der Waals surface area contributed by atoms with Gasteiger partial charge in [-0.2, -0.15) is 0 Å². The van der Waals surface area contributed by atoms with Gasteiger partial charge in [-0.3, -0.25) is 9.59 Å². The van der Waals surface area contributed by atoms with Crippen molar-refractivity contribution in [3.05, 3.63) is 42.0 Å². The third-order valence-electron chi connectivity index (χ3n) is 6.57. The van der Waals surface area contributed by atoms with E-state index in [1.165, 1.54) is 0 Å². The van der Waals surface area contributed by atoms with E-state index in [0.29, 0.717) is 11.4 Å². The van der Waals surface area contributed by atoms with Crippen molar-refractivity contribution in [2.45, 2.75) is 51.7 Å². The molecule has 4 rings (SSSR count). The number of nitrogens with zero attached hydrogens (tertiary/aromatic N) is 4. The number of carbonyl (C=O) groups is 2. The lowest BCUT2D eigenvalue weighted by molar-refractivity contribution is -0.119. The zero-order valence-corrected chi connectivity index (χ0v) is 20.1. The Balaban J connectivity index is 1.52. The topological polar surface area (TPSA) is 80.8 Å². The summed E-state index contributed by atoms with van der Waals surface area (Å²) in [5, 5.41) is 6.50. The van der Waals surface area contributed by atoms with E-state index in [9.17, 15) is 9.59 Å². The highest BCUT2D eigenvalue weighted by Crippen LogP contribution is 2.36. The Morgan fingerprint density at radius 1 is 1.12 bits per heavy atom. The van der Waals surface area contributed by atoms with Gasteiger partial charge in [0.1, 0.15) is 11.9 Å². The molecule has 176 valence electrons. The summed E-state index contributed by atoms with van der Waals surface area (Å²) in [6.07, 6.45) is 1.95. The molecule has 0 bridgehead atoms.